The summed E-state index contributed by atoms with van der Waals surface area (Å²) in [6.45, 7) is 3.63. The molecule has 18 heavy (non-hydrogen) atoms. The monoisotopic (exact) mass is 252 g/mol. The number of hydrogen-bond acceptors (Lipinski definition) is 4. The Labute approximate surface area is 104 Å². The SMILES string of the molecule is COCCN1CCn2cc(C)c(=O)c(O)c2C1=O. The average molecular weight is 252 g/mol. The number of aromatic nitrogens is 1. The van der Waals surface area contributed by atoms with Gasteiger partial charge < -0.3 is 19.3 Å². The van der Waals surface area contributed by atoms with Crippen LogP contribution in [0.3, 0.4) is 0 Å². The quantitative estimate of drug-likeness (QED) is 0.819. The highest BCUT2D eigenvalue weighted by Crippen LogP contribution is 2.19. The lowest BCUT2D eigenvalue weighted by atomic mass is 10.1. The molecule has 1 aliphatic rings. The van der Waals surface area contributed by atoms with Crippen LogP contribution in [0.1, 0.15) is 16.1 Å². The Balaban J connectivity index is 2.40. The van der Waals surface area contributed by atoms with Gasteiger partial charge in [0.1, 0.15) is 0 Å². The van der Waals surface area contributed by atoms with Gasteiger partial charge in [-0.3, -0.25) is 9.59 Å². The second kappa shape index (κ2) is 4.81. The summed E-state index contributed by atoms with van der Waals surface area (Å²) in [4.78, 5) is 25.4. The van der Waals surface area contributed by atoms with Gasteiger partial charge >= 0.3 is 0 Å². The molecule has 0 aliphatic carbocycles. The number of carbonyl (C=O) groups is 1. The van der Waals surface area contributed by atoms with E-state index in [9.17, 15) is 14.7 Å². The predicted octanol–water partition coefficient (Wildman–Crippen LogP) is -0.0355. The van der Waals surface area contributed by atoms with Gasteiger partial charge in [0, 0.05) is 38.5 Å². The third kappa shape index (κ3) is 1.99. The Morgan fingerprint density at radius 2 is 2.11 bits per heavy atom. The summed E-state index contributed by atoms with van der Waals surface area (Å²) in [7, 11) is 1.56. The van der Waals surface area contributed by atoms with Crippen molar-refractivity contribution in [2.45, 2.75) is 13.5 Å². The number of ether oxygens (including phenoxy) is 1. The minimum Gasteiger partial charge on any atom is -0.503 e. The molecule has 1 N–H and O–H groups in total. The van der Waals surface area contributed by atoms with Crippen LogP contribution < -0.4 is 5.43 Å². The maximum absolute atomic E-state index is 12.2. The highest BCUT2D eigenvalue weighted by atomic mass is 16.5. The molecule has 0 spiro atoms. The summed E-state index contributed by atoms with van der Waals surface area (Å²) in [6, 6.07) is 0. The fourth-order valence-electron chi connectivity index (χ4n) is 2.08. The Kier molecular flexibility index (Phi) is 3.38. The molecule has 0 saturated carbocycles. The third-order valence-corrected chi connectivity index (χ3v) is 3.10. The van der Waals surface area contributed by atoms with Crippen molar-refractivity contribution in [3.05, 3.63) is 27.7 Å². The topological polar surface area (TPSA) is 71.8 Å². The Bertz CT molecular complexity index is 536. The molecule has 0 radical (unpaired) electrons. The van der Waals surface area contributed by atoms with Gasteiger partial charge in [0.2, 0.25) is 5.43 Å². The van der Waals surface area contributed by atoms with Crippen molar-refractivity contribution in [3.8, 4) is 5.75 Å². The number of amides is 1. The van der Waals surface area contributed by atoms with E-state index in [2.05, 4.69) is 0 Å². The molecule has 6 heteroatoms. The molecular weight excluding hydrogens is 236 g/mol. The number of rotatable bonds is 3. The molecule has 0 aromatic carbocycles. The second-order valence-corrected chi connectivity index (χ2v) is 4.32. The maximum atomic E-state index is 12.2. The Morgan fingerprint density at radius 1 is 1.39 bits per heavy atom. The maximum Gasteiger partial charge on any atom is 0.274 e. The molecule has 6 nitrogen and oxygen atoms in total. The third-order valence-electron chi connectivity index (χ3n) is 3.10. The van der Waals surface area contributed by atoms with Crippen LogP contribution in [0.25, 0.3) is 0 Å². The fraction of sp³-hybridized carbons (Fsp3) is 0.500. The van der Waals surface area contributed by atoms with E-state index >= 15 is 0 Å². The van der Waals surface area contributed by atoms with E-state index in [-0.39, 0.29) is 11.6 Å². The number of aryl methyl sites for hydroxylation is 1. The molecule has 1 aliphatic heterocycles. The van der Waals surface area contributed by atoms with E-state index in [4.69, 9.17) is 4.74 Å². The zero-order valence-corrected chi connectivity index (χ0v) is 10.5. The summed E-state index contributed by atoms with van der Waals surface area (Å²) < 4.78 is 6.57. The van der Waals surface area contributed by atoms with Gasteiger partial charge in [0.25, 0.3) is 5.91 Å². The number of methoxy groups -OCH3 is 1. The largest absolute Gasteiger partial charge is 0.503 e. The van der Waals surface area contributed by atoms with Crippen LogP contribution in [0.4, 0.5) is 0 Å². The zero-order valence-electron chi connectivity index (χ0n) is 10.5. The number of pyridine rings is 1. The van der Waals surface area contributed by atoms with Crippen molar-refractivity contribution >= 4 is 5.91 Å². The lowest BCUT2D eigenvalue weighted by Gasteiger charge is -2.30. The molecule has 0 unspecified atom stereocenters. The van der Waals surface area contributed by atoms with Crippen LogP contribution in [-0.4, -0.2) is 47.3 Å². The Morgan fingerprint density at radius 3 is 2.78 bits per heavy atom. The van der Waals surface area contributed by atoms with E-state index < -0.39 is 11.2 Å². The van der Waals surface area contributed by atoms with Gasteiger partial charge in [0.15, 0.2) is 11.4 Å². The number of hydrogen-bond donors (Lipinski definition) is 1. The molecule has 2 heterocycles. The van der Waals surface area contributed by atoms with Gasteiger partial charge in [-0.25, -0.2) is 0 Å². The second-order valence-electron chi connectivity index (χ2n) is 4.32. The molecular formula is C12H16N2O4. The van der Waals surface area contributed by atoms with E-state index in [1.165, 1.54) is 0 Å². The lowest BCUT2D eigenvalue weighted by Crippen LogP contribution is -2.43. The number of carbonyl (C=O) groups excluding carboxylic acids is 1. The van der Waals surface area contributed by atoms with E-state index in [1.54, 1.807) is 29.7 Å². The highest BCUT2D eigenvalue weighted by Gasteiger charge is 2.28. The summed E-state index contributed by atoms with van der Waals surface area (Å²) >= 11 is 0. The smallest absolute Gasteiger partial charge is 0.274 e. The Hall–Kier alpha value is -1.82. The average Bonchev–Trinajstić information content (AvgIpc) is 2.35. The minimum atomic E-state index is -0.483. The van der Waals surface area contributed by atoms with Crippen LogP contribution in [0.5, 0.6) is 5.75 Å². The van der Waals surface area contributed by atoms with Crippen molar-refractivity contribution in [3.63, 3.8) is 0 Å². The first-order valence-corrected chi connectivity index (χ1v) is 5.77. The van der Waals surface area contributed by atoms with Crippen molar-refractivity contribution < 1.29 is 14.6 Å². The standard InChI is InChI=1S/C12H16N2O4/c1-8-7-14-4-3-13(5-6-18-2)12(17)9(14)11(16)10(8)15/h7,16H,3-6H2,1-2H3. The highest BCUT2D eigenvalue weighted by molar-refractivity contribution is 5.95. The summed E-state index contributed by atoms with van der Waals surface area (Å²) in [5, 5.41) is 9.83. The van der Waals surface area contributed by atoms with Crippen LogP contribution in [0.2, 0.25) is 0 Å². The van der Waals surface area contributed by atoms with Crippen LogP contribution in [0.15, 0.2) is 11.0 Å². The van der Waals surface area contributed by atoms with Crippen molar-refractivity contribution in [1.82, 2.24) is 9.47 Å². The van der Waals surface area contributed by atoms with Gasteiger partial charge in [-0.2, -0.15) is 0 Å². The van der Waals surface area contributed by atoms with Gasteiger partial charge in [0.05, 0.1) is 6.61 Å². The van der Waals surface area contributed by atoms with E-state index in [1.807, 2.05) is 0 Å². The molecule has 98 valence electrons. The number of fused-ring (bicyclic) bond motifs is 1. The molecule has 0 fully saturated rings. The van der Waals surface area contributed by atoms with Crippen molar-refractivity contribution in [1.29, 1.82) is 0 Å². The zero-order chi connectivity index (χ0) is 13.3. The molecule has 1 aromatic rings. The summed E-state index contributed by atoms with van der Waals surface area (Å²) in [5.41, 5.74) is 0.0329. The predicted molar refractivity (Wildman–Crippen MR) is 64.9 cm³/mol. The van der Waals surface area contributed by atoms with Crippen molar-refractivity contribution in [2.75, 3.05) is 26.8 Å². The summed E-state index contributed by atoms with van der Waals surface area (Å²) in [5.74, 6) is -0.782. The first-order valence-electron chi connectivity index (χ1n) is 5.77. The van der Waals surface area contributed by atoms with Gasteiger partial charge in [-0.15, -0.1) is 0 Å². The molecule has 0 atom stereocenters. The first-order chi connectivity index (χ1) is 8.56. The van der Waals surface area contributed by atoms with Crippen LogP contribution in [0, 0.1) is 6.92 Å². The lowest BCUT2D eigenvalue weighted by molar-refractivity contribution is 0.0633. The van der Waals surface area contributed by atoms with Crippen LogP contribution >= 0.6 is 0 Å². The molecule has 1 amide bonds. The molecule has 2 rings (SSSR count). The van der Waals surface area contributed by atoms with E-state index in [0.29, 0.717) is 31.8 Å². The number of nitrogens with zero attached hydrogens (tertiary/aromatic N) is 2. The summed E-state index contributed by atoms with van der Waals surface area (Å²) in [6.07, 6.45) is 1.61. The fourth-order valence-corrected chi connectivity index (χ4v) is 2.08. The molecule has 0 saturated heterocycles. The molecule has 1 aromatic heterocycles. The van der Waals surface area contributed by atoms with Gasteiger partial charge in [-0.05, 0) is 6.92 Å². The van der Waals surface area contributed by atoms with Gasteiger partial charge in [-0.1, -0.05) is 0 Å². The van der Waals surface area contributed by atoms with E-state index in [0.717, 1.165) is 0 Å². The normalized spacial score (nSPS) is 14.8. The first kappa shape index (κ1) is 12.6. The molecule has 0 bridgehead atoms. The minimum absolute atomic E-state index is 0.0768. The van der Waals surface area contributed by atoms with Crippen LogP contribution in [-0.2, 0) is 11.3 Å². The van der Waals surface area contributed by atoms with Crippen molar-refractivity contribution in [2.24, 2.45) is 0 Å². The number of aromatic hydroxyl groups is 1.